The molecule has 3 rings (SSSR count). The first-order valence-corrected chi connectivity index (χ1v) is 9.81. The summed E-state index contributed by atoms with van der Waals surface area (Å²) in [5.74, 6) is 0.937. The van der Waals surface area contributed by atoms with E-state index in [-0.39, 0.29) is 5.76 Å². The van der Waals surface area contributed by atoms with Crippen LogP contribution in [0.1, 0.15) is 29.5 Å². The summed E-state index contributed by atoms with van der Waals surface area (Å²) in [6, 6.07) is 15.3. The highest BCUT2D eigenvalue weighted by molar-refractivity contribution is 5.90. The van der Waals surface area contributed by atoms with E-state index in [1.165, 1.54) is 6.08 Å². The molecule has 0 amide bonds. The van der Waals surface area contributed by atoms with Crippen molar-refractivity contribution in [2.24, 2.45) is 0 Å². The number of ether oxygens (including phenoxy) is 2. The van der Waals surface area contributed by atoms with Crippen molar-refractivity contribution >= 4 is 12.0 Å². The normalized spacial score (nSPS) is 11.4. The van der Waals surface area contributed by atoms with Crippen molar-refractivity contribution in [1.82, 2.24) is 4.98 Å². The average Bonchev–Trinajstić information content (AvgIpc) is 3.10. The number of rotatable bonds is 9. The first-order valence-electron chi connectivity index (χ1n) is 9.81. The lowest BCUT2D eigenvalue weighted by molar-refractivity contribution is -0.136. The fraction of sp³-hybridized carbons (Fsp3) is 0.250. The summed E-state index contributed by atoms with van der Waals surface area (Å²) in [4.78, 5) is 15.8. The molecular formula is C24H25NO5. The van der Waals surface area contributed by atoms with Crippen molar-refractivity contribution in [3.05, 3.63) is 76.9 Å². The van der Waals surface area contributed by atoms with Crippen molar-refractivity contribution in [2.75, 3.05) is 13.2 Å². The van der Waals surface area contributed by atoms with Gasteiger partial charge < -0.3 is 19.0 Å². The molecular weight excluding hydrogens is 382 g/mol. The summed E-state index contributed by atoms with van der Waals surface area (Å²) in [6.07, 6.45) is 2.14. The second-order valence-corrected chi connectivity index (χ2v) is 6.75. The third-order valence-corrected chi connectivity index (χ3v) is 4.56. The largest absolute Gasteiger partial charge is 0.493 e. The van der Waals surface area contributed by atoms with Gasteiger partial charge in [0.05, 0.1) is 18.9 Å². The second kappa shape index (κ2) is 9.78. The number of oxazole rings is 1. The van der Waals surface area contributed by atoms with E-state index in [1.54, 1.807) is 6.92 Å². The number of aliphatic carboxylic acids is 1. The summed E-state index contributed by atoms with van der Waals surface area (Å²) in [6.45, 7) is 6.30. The predicted molar refractivity (Wildman–Crippen MR) is 114 cm³/mol. The molecule has 1 heterocycles. The van der Waals surface area contributed by atoms with Gasteiger partial charge in [0.15, 0.2) is 0 Å². The van der Waals surface area contributed by atoms with Crippen molar-refractivity contribution in [1.29, 1.82) is 0 Å². The van der Waals surface area contributed by atoms with Crippen molar-refractivity contribution in [3.63, 3.8) is 0 Å². The van der Waals surface area contributed by atoms with Crippen LogP contribution in [0.5, 0.6) is 5.75 Å². The van der Waals surface area contributed by atoms with E-state index in [1.807, 2.05) is 62.4 Å². The van der Waals surface area contributed by atoms with E-state index >= 15 is 0 Å². The fourth-order valence-electron chi connectivity index (χ4n) is 2.99. The minimum absolute atomic E-state index is 0.0787. The number of aryl methyl sites for hydroxylation is 2. The fourth-order valence-corrected chi connectivity index (χ4v) is 2.99. The van der Waals surface area contributed by atoms with E-state index in [0.29, 0.717) is 31.3 Å². The summed E-state index contributed by atoms with van der Waals surface area (Å²) in [5.41, 5.74) is 3.48. The standard InChI is InChI=1S/C24H25NO5/c1-4-28-22(24(26)27)15-19-10-11-20(14-16(19)2)29-13-12-21-17(3)30-23(25-21)18-8-6-5-7-9-18/h5-11,14-15H,4,12-13H2,1-3H3,(H,26,27)/b22-15+. The molecule has 6 nitrogen and oxygen atoms in total. The smallest absolute Gasteiger partial charge is 0.371 e. The van der Waals surface area contributed by atoms with Gasteiger partial charge in [0, 0.05) is 12.0 Å². The van der Waals surface area contributed by atoms with Crippen LogP contribution in [0, 0.1) is 13.8 Å². The van der Waals surface area contributed by atoms with E-state index in [0.717, 1.165) is 28.1 Å². The van der Waals surface area contributed by atoms with Crippen molar-refractivity contribution < 1.29 is 23.8 Å². The Labute approximate surface area is 175 Å². The zero-order valence-electron chi connectivity index (χ0n) is 17.3. The molecule has 0 aliphatic rings. The van der Waals surface area contributed by atoms with Crippen LogP contribution < -0.4 is 4.74 Å². The quantitative estimate of drug-likeness (QED) is 0.395. The Morgan fingerprint density at radius 3 is 2.60 bits per heavy atom. The maximum atomic E-state index is 11.2. The highest BCUT2D eigenvalue weighted by Crippen LogP contribution is 2.23. The topological polar surface area (TPSA) is 81.8 Å². The molecule has 1 aromatic heterocycles. The molecule has 0 saturated carbocycles. The highest BCUT2D eigenvalue weighted by atomic mass is 16.5. The third kappa shape index (κ3) is 5.29. The SMILES string of the molecule is CCO/C(=C/c1ccc(OCCc2nc(-c3ccccc3)oc2C)cc1C)C(=O)O. The van der Waals surface area contributed by atoms with Crippen LogP contribution in [0.4, 0.5) is 0 Å². The van der Waals surface area contributed by atoms with Gasteiger partial charge in [-0.15, -0.1) is 0 Å². The number of carboxylic acid groups (broad SMARTS) is 1. The second-order valence-electron chi connectivity index (χ2n) is 6.75. The molecule has 30 heavy (non-hydrogen) atoms. The van der Waals surface area contributed by atoms with Gasteiger partial charge in [-0.05, 0) is 62.2 Å². The van der Waals surface area contributed by atoms with Crippen LogP contribution >= 0.6 is 0 Å². The van der Waals surface area contributed by atoms with Gasteiger partial charge >= 0.3 is 5.97 Å². The molecule has 0 radical (unpaired) electrons. The molecule has 0 unspecified atom stereocenters. The van der Waals surface area contributed by atoms with Gasteiger partial charge in [-0.3, -0.25) is 0 Å². The van der Waals surface area contributed by atoms with Crippen LogP contribution in [0.3, 0.4) is 0 Å². The van der Waals surface area contributed by atoms with Crippen molar-refractivity contribution in [2.45, 2.75) is 27.2 Å². The van der Waals surface area contributed by atoms with E-state index < -0.39 is 5.97 Å². The number of carbonyl (C=O) groups is 1. The molecule has 0 aliphatic carbocycles. The molecule has 1 N–H and O–H groups in total. The summed E-state index contributed by atoms with van der Waals surface area (Å²) >= 11 is 0. The average molecular weight is 407 g/mol. The van der Waals surface area contributed by atoms with Gasteiger partial charge in [-0.1, -0.05) is 24.3 Å². The Balaban J connectivity index is 1.63. The van der Waals surface area contributed by atoms with Crippen molar-refractivity contribution in [3.8, 4) is 17.2 Å². The van der Waals surface area contributed by atoms with Gasteiger partial charge in [-0.25, -0.2) is 9.78 Å². The molecule has 0 spiro atoms. The van der Waals surface area contributed by atoms with Crippen LogP contribution in [0.2, 0.25) is 0 Å². The van der Waals surface area contributed by atoms with Crippen LogP contribution in [0.15, 0.2) is 58.7 Å². The number of carboxylic acids is 1. The zero-order chi connectivity index (χ0) is 21.5. The molecule has 0 saturated heterocycles. The summed E-state index contributed by atoms with van der Waals surface area (Å²) in [7, 11) is 0. The number of hydrogen-bond acceptors (Lipinski definition) is 5. The lowest BCUT2D eigenvalue weighted by atomic mass is 10.1. The van der Waals surface area contributed by atoms with E-state index in [4.69, 9.17) is 13.9 Å². The summed E-state index contributed by atoms with van der Waals surface area (Å²) < 4.78 is 16.8. The lowest BCUT2D eigenvalue weighted by Crippen LogP contribution is -2.05. The van der Waals surface area contributed by atoms with Crippen LogP contribution in [0.25, 0.3) is 17.5 Å². The predicted octanol–water partition coefficient (Wildman–Crippen LogP) is 5.04. The number of nitrogens with zero attached hydrogens (tertiary/aromatic N) is 1. The van der Waals surface area contributed by atoms with E-state index in [2.05, 4.69) is 4.98 Å². The summed E-state index contributed by atoms with van der Waals surface area (Å²) in [5, 5.41) is 9.20. The molecule has 0 aliphatic heterocycles. The number of hydrogen-bond donors (Lipinski definition) is 1. The Morgan fingerprint density at radius 1 is 1.17 bits per heavy atom. The molecule has 3 aromatic rings. The van der Waals surface area contributed by atoms with Gasteiger partial charge in [0.25, 0.3) is 0 Å². The highest BCUT2D eigenvalue weighted by Gasteiger charge is 2.12. The van der Waals surface area contributed by atoms with Crippen LogP contribution in [-0.2, 0) is 16.0 Å². The first kappa shape index (κ1) is 21.2. The monoisotopic (exact) mass is 407 g/mol. The molecule has 0 fully saturated rings. The molecule has 156 valence electrons. The molecule has 2 aromatic carbocycles. The third-order valence-electron chi connectivity index (χ3n) is 4.56. The van der Waals surface area contributed by atoms with Crippen LogP contribution in [-0.4, -0.2) is 29.3 Å². The maximum absolute atomic E-state index is 11.2. The molecule has 6 heteroatoms. The Bertz CT molecular complexity index is 1040. The van der Waals surface area contributed by atoms with Gasteiger partial charge in [-0.2, -0.15) is 0 Å². The number of aromatic nitrogens is 1. The van der Waals surface area contributed by atoms with Gasteiger partial charge in [0.2, 0.25) is 11.6 Å². The maximum Gasteiger partial charge on any atom is 0.371 e. The molecule has 0 atom stereocenters. The lowest BCUT2D eigenvalue weighted by Gasteiger charge is -2.09. The number of benzene rings is 2. The Kier molecular flexibility index (Phi) is 6.91. The van der Waals surface area contributed by atoms with Gasteiger partial charge in [0.1, 0.15) is 11.5 Å². The minimum Gasteiger partial charge on any atom is -0.493 e. The van der Waals surface area contributed by atoms with E-state index in [9.17, 15) is 9.90 Å². The first-order chi connectivity index (χ1) is 14.5. The Morgan fingerprint density at radius 2 is 1.93 bits per heavy atom. The minimum atomic E-state index is -1.09. The Hall–Kier alpha value is -3.54. The molecule has 0 bridgehead atoms. The zero-order valence-corrected chi connectivity index (χ0v) is 17.3.